The fraction of sp³-hybridized carbons (Fsp3) is 0.267. The molecule has 1 heterocycles. The lowest BCUT2D eigenvalue weighted by molar-refractivity contribution is 0.0793. The minimum atomic E-state index is 0.131. The third kappa shape index (κ3) is 2.70. The van der Waals surface area contributed by atoms with Crippen LogP contribution in [-0.2, 0) is 0 Å². The number of rotatable bonds is 1. The van der Waals surface area contributed by atoms with E-state index in [-0.39, 0.29) is 5.91 Å². The van der Waals surface area contributed by atoms with Crippen LogP contribution in [-0.4, -0.2) is 28.7 Å². The van der Waals surface area contributed by atoms with Gasteiger partial charge in [0, 0.05) is 28.0 Å². The molecule has 1 saturated heterocycles. The SMILES string of the molecule is O=C(c1ccc2cc(Br)ccc2c1)N1CCC(Br)C1. The van der Waals surface area contributed by atoms with E-state index in [2.05, 4.69) is 37.9 Å². The van der Waals surface area contributed by atoms with E-state index in [0.717, 1.165) is 40.3 Å². The average molecular weight is 383 g/mol. The highest BCUT2D eigenvalue weighted by Gasteiger charge is 2.25. The van der Waals surface area contributed by atoms with Gasteiger partial charge in [-0.15, -0.1) is 0 Å². The van der Waals surface area contributed by atoms with Gasteiger partial charge in [0.15, 0.2) is 0 Å². The van der Waals surface area contributed by atoms with Crippen LogP contribution >= 0.6 is 31.9 Å². The largest absolute Gasteiger partial charge is 0.337 e. The molecule has 0 aliphatic carbocycles. The summed E-state index contributed by atoms with van der Waals surface area (Å²) in [6.07, 6.45) is 1.03. The number of halogens is 2. The molecule has 1 aliphatic heterocycles. The van der Waals surface area contributed by atoms with Gasteiger partial charge < -0.3 is 4.90 Å². The van der Waals surface area contributed by atoms with Crippen molar-refractivity contribution in [2.24, 2.45) is 0 Å². The number of carbonyl (C=O) groups excluding carboxylic acids is 1. The molecule has 2 aromatic carbocycles. The highest BCUT2D eigenvalue weighted by Crippen LogP contribution is 2.23. The van der Waals surface area contributed by atoms with E-state index in [1.807, 2.05) is 35.2 Å². The molecule has 98 valence electrons. The van der Waals surface area contributed by atoms with Gasteiger partial charge in [0.2, 0.25) is 0 Å². The number of benzene rings is 2. The van der Waals surface area contributed by atoms with Crippen LogP contribution < -0.4 is 0 Å². The van der Waals surface area contributed by atoms with E-state index in [4.69, 9.17) is 0 Å². The Labute approximate surface area is 129 Å². The summed E-state index contributed by atoms with van der Waals surface area (Å²) in [6, 6.07) is 12.0. The van der Waals surface area contributed by atoms with Crippen LogP contribution in [0, 0.1) is 0 Å². The Balaban J connectivity index is 1.92. The van der Waals surface area contributed by atoms with Gasteiger partial charge >= 0.3 is 0 Å². The van der Waals surface area contributed by atoms with Crippen molar-refractivity contribution < 1.29 is 4.79 Å². The summed E-state index contributed by atoms with van der Waals surface area (Å²) in [7, 11) is 0. The average Bonchev–Trinajstić information content (AvgIpc) is 2.84. The van der Waals surface area contributed by atoms with Gasteiger partial charge in [0.05, 0.1) is 0 Å². The smallest absolute Gasteiger partial charge is 0.253 e. The molecule has 0 aromatic heterocycles. The van der Waals surface area contributed by atoms with E-state index >= 15 is 0 Å². The van der Waals surface area contributed by atoms with E-state index in [1.165, 1.54) is 0 Å². The molecular weight excluding hydrogens is 370 g/mol. The molecule has 2 nitrogen and oxygen atoms in total. The maximum absolute atomic E-state index is 12.4. The van der Waals surface area contributed by atoms with Crippen LogP contribution in [0.2, 0.25) is 0 Å². The molecule has 0 spiro atoms. The third-order valence-electron chi connectivity index (χ3n) is 3.47. The van der Waals surface area contributed by atoms with Gasteiger partial charge in [-0.1, -0.05) is 44.0 Å². The summed E-state index contributed by atoms with van der Waals surface area (Å²) in [6.45, 7) is 1.64. The van der Waals surface area contributed by atoms with Crippen LogP contribution in [0.25, 0.3) is 10.8 Å². The van der Waals surface area contributed by atoms with Gasteiger partial charge in [-0.05, 0) is 41.5 Å². The van der Waals surface area contributed by atoms with Crippen molar-refractivity contribution in [3.05, 3.63) is 46.4 Å². The first kappa shape index (κ1) is 13.1. The Kier molecular flexibility index (Phi) is 3.63. The van der Waals surface area contributed by atoms with Crippen LogP contribution in [0.3, 0.4) is 0 Å². The molecule has 19 heavy (non-hydrogen) atoms. The predicted molar refractivity (Wildman–Crippen MR) is 84.9 cm³/mol. The molecule has 1 amide bonds. The molecule has 3 rings (SSSR count). The molecule has 1 aliphatic rings. The number of amides is 1. The first-order valence-corrected chi connectivity index (χ1v) is 7.97. The second-order valence-electron chi connectivity index (χ2n) is 4.84. The molecule has 1 fully saturated rings. The lowest BCUT2D eigenvalue weighted by Gasteiger charge is -2.15. The summed E-state index contributed by atoms with van der Waals surface area (Å²) < 4.78 is 1.06. The van der Waals surface area contributed by atoms with E-state index in [9.17, 15) is 4.79 Å². The number of alkyl halides is 1. The molecule has 0 N–H and O–H groups in total. The molecule has 1 unspecified atom stereocenters. The quantitative estimate of drug-likeness (QED) is 0.676. The van der Waals surface area contributed by atoms with E-state index in [0.29, 0.717) is 4.83 Å². The van der Waals surface area contributed by atoms with E-state index < -0.39 is 0 Å². The lowest BCUT2D eigenvalue weighted by Crippen LogP contribution is -2.28. The topological polar surface area (TPSA) is 20.3 Å². The van der Waals surface area contributed by atoms with E-state index in [1.54, 1.807) is 0 Å². The molecule has 0 saturated carbocycles. The Morgan fingerprint density at radius 1 is 1.16 bits per heavy atom. The van der Waals surface area contributed by atoms with Gasteiger partial charge in [-0.2, -0.15) is 0 Å². The normalized spacial score (nSPS) is 19.1. The summed E-state index contributed by atoms with van der Waals surface area (Å²) >= 11 is 7.03. The van der Waals surface area contributed by atoms with Crippen molar-refractivity contribution in [3.63, 3.8) is 0 Å². The molecule has 4 heteroatoms. The Morgan fingerprint density at radius 2 is 1.89 bits per heavy atom. The molecule has 2 aromatic rings. The second-order valence-corrected chi connectivity index (χ2v) is 7.05. The zero-order valence-electron chi connectivity index (χ0n) is 10.3. The zero-order chi connectivity index (χ0) is 13.4. The third-order valence-corrected chi connectivity index (χ3v) is 4.71. The Bertz CT molecular complexity index is 641. The van der Waals surface area contributed by atoms with Gasteiger partial charge in [0.1, 0.15) is 0 Å². The highest BCUT2D eigenvalue weighted by molar-refractivity contribution is 9.10. The van der Waals surface area contributed by atoms with Crippen molar-refractivity contribution in [3.8, 4) is 0 Å². The molecule has 1 atom stereocenters. The molecule has 0 radical (unpaired) electrons. The van der Waals surface area contributed by atoms with Crippen molar-refractivity contribution in [1.82, 2.24) is 4.90 Å². The van der Waals surface area contributed by atoms with Crippen LogP contribution in [0.4, 0.5) is 0 Å². The standard InChI is InChI=1S/C15H13Br2NO/c16-13-4-3-10-7-12(2-1-11(10)8-13)15(19)18-6-5-14(17)9-18/h1-4,7-8,14H,5-6,9H2. The summed E-state index contributed by atoms with van der Waals surface area (Å²) in [5.74, 6) is 0.131. The summed E-state index contributed by atoms with van der Waals surface area (Å²) in [5.41, 5.74) is 0.774. The zero-order valence-corrected chi connectivity index (χ0v) is 13.4. The number of carbonyl (C=O) groups is 1. The summed E-state index contributed by atoms with van der Waals surface area (Å²) in [5, 5.41) is 2.24. The maximum Gasteiger partial charge on any atom is 0.253 e. The minimum absolute atomic E-state index is 0.131. The first-order chi connectivity index (χ1) is 9.13. The number of hydrogen-bond donors (Lipinski definition) is 0. The van der Waals surface area contributed by atoms with Crippen molar-refractivity contribution in [2.75, 3.05) is 13.1 Å². The number of hydrogen-bond acceptors (Lipinski definition) is 1. The van der Waals surface area contributed by atoms with Gasteiger partial charge in [0.25, 0.3) is 5.91 Å². The highest BCUT2D eigenvalue weighted by atomic mass is 79.9. The Morgan fingerprint density at radius 3 is 2.63 bits per heavy atom. The molecule has 0 bridgehead atoms. The first-order valence-electron chi connectivity index (χ1n) is 6.26. The fourth-order valence-electron chi connectivity index (χ4n) is 2.43. The lowest BCUT2D eigenvalue weighted by atomic mass is 10.1. The monoisotopic (exact) mass is 381 g/mol. The van der Waals surface area contributed by atoms with Crippen LogP contribution in [0.5, 0.6) is 0 Å². The number of likely N-dealkylation sites (tertiary alicyclic amines) is 1. The molecular formula is C15H13Br2NO. The van der Waals surface area contributed by atoms with Crippen LogP contribution in [0.15, 0.2) is 40.9 Å². The van der Waals surface area contributed by atoms with Gasteiger partial charge in [-0.25, -0.2) is 0 Å². The van der Waals surface area contributed by atoms with Crippen LogP contribution in [0.1, 0.15) is 16.8 Å². The number of fused-ring (bicyclic) bond motifs is 1. The Hall–Kier alpha value is -0.870. The predicted octanol–water partition coefficient (Wildman–Crippen LogP) is 4.21. The fourth-order valence-corrected chi connectivity index (χ4v) is 3.37. The van der Waals surface area contributed by atoms with Crippen molar-refractivity contribution >= 4 is 48.5 Å². The van der Waals surface area contributed by atoms with Gasteiger partial charge in [-0.3, -0.25) is 4.79 Å². The van der Waals surface area contributed by atoms with Crippen molar-refractivity contribution in [1.29, 1.82) is 0 Å². The van der Waals surface area contributed by atoms with Crippen molar-refractivity contribution in [2.45, 2.75) is 11.2 Å². The maximum atomic E-state index is 12.4. The second kappa shape index (κ2) is 5.25. The summed E-state index contributed by atoms with van der Waals surface area (Å²) in [4.78, 5) is 14.8. The number of nitrogens with zero attached hydrogens (tertiary/aromatic N) is 1. The minimum Gasteiger partial charge on any atom is -0.337 e.